The van der Waals surface area contributed by atoms with Gasteiger partial charge in [0.05, 0.1) is 12.3 Å². The molecule has 0 aliphatic carbocycles. The highest BCUT2D eigenvalue weighted by molar-refractivity contribution is 5.70. The highest BCUT2D eigenvalue weighted by Gasteiger charge is 2.45. The molecule has 1 aliphatic heterocycles. The number of nitrogens with one attached hydrogen (secondary N) is 1. The Balaban J connectivity index is 2.24. The van der Waals surface area contributed by atoms with Crippen molar-refractivity contribution >= 4 is 0 Å². The molecule has 1 aromatic heterocycles. The van der Waals surface area contributed by atoms with Crippen molar-refractivity contribution in [2.45, 2.75) is 24.9 Å². The quantitative estimate of drug-likeness (QED) is 0.809. The SMILES string of the molecule is CNCC(c1nc(-c2ccc(F)cc2)c2c(c1F)C(C)CO2)C(F)(F)F. The Morgan fingerprint density at radius 3 is 2.46 bits per heavy atom. The Labute approximate surface area is 147 Å². The van der Waals surface area contributed by atoms with Gasteiger partial charge in [-0.25, -0.2) is 13.8 Å². The second-order valence-corrected chi connectivity index (χ2v) is 6.27. The third-order valence-corrected chi connectivity index (χ3v) is 4.37. The van der Waals surface area contributed by atoms with Crippen molar-refractivity contribution in [1.82, 2.24) is 10.3 Å². The molecule has 3 nitrogen and oxygen atoms in total. The van der Waals surface area contributed by atoms with Crippen LogP contribution in [0.3, 0.4) is 0 Å². The summed E-state index contributed by atoms with van der Waals surface area (Å²) >= 11 is 0. The van der Waals surface area contributed by atoms with E-state index in [1.165, 1.54) is 31.3 Å². The lowest BCUT2D eigenvalue weighted by atomic mass is 9.94. The molecule has 2 heterocycles. The molecule has 0 spiro atoms. The molecule has 0 amide bonds. The number of aromatic nitrogens is 1. The molecular weight excluding hydrogens is 355 g/mol. The minimum atomic E-state index is -4.67. The van der Waals surface area contributed by atoms with Crippen molar-refractivity contribution in [3.05, 3.63) is 47.2 Å². The zero-order valence-electron chi connectivity index (χ0n) is 14.1. The lowest BCUT2D eigenvalue weighted by Crippen LogP contribution is -2.32. The highest BCUT2D eigenvalue weighted by atomic mass is 19.4. The van der Waals surface area contributed by atoms with Crippen LogP contribution in [-0.2, 0) is 0 Å². The van der Waals surface area contributed by atoms with E-state index in [4.69, 9.17) is 4.74 Å². The van der Waals surface area contributed by atoms with Crippen LogP contribution in [0, 0.1) is 11.6 Å². The van der Waals surface area contributed by atoms with Crippen molar-refractivity contribution in [2.24, 2.45) is 0 Å². The molecule has 140 valence electrons. The van der Waals surface area contributed by atoms with Gasteiger partial charge in [-0.3, -0.25) is 0 Å². The molecule has 1 N–H and O–H groups in total. The van der Waals surface area contributed by atoms with Gasteiger partial charge in [-0.05, 0) is 31.3 Å². The zero-order valence-corrected chi connectivity index (χ0v) is 14.1. The first-order chi connectivity index (χ1) is 12.2. The van der Waals surface area contributed by atoms with Crippen LogP contribution in [-0.4, -0.2) is 31.4 Å². The van der Waals surface area contributed by atoms with Crippen molar-refractivity contribution in [2.75, 3.05) is 20.2 Å². The summed E-state index contributed by atoms with van der Waals surface area (Å²) < 4.78 is 74.1. The molecule has 2 aromatic rings. The van der Waals surface area contributed by atoms with Gasteiger partial charge in [-0.15, -0.1) is 0 Å². The summed E-state index contributed by atoms with van der Waals surface area (Å²) in [6.45, 7) is 1.31. The maximum absolute atomic E-state index is 15.0. The van der Waals surface area contributed by atoms with Crippen molar-refractivity contribution in [3.63, 3.8) is 0 Å². The number of benzene rings is 1. The summed E-state index contributed by atoms with van der Waals surface area (Å²) in [7, 11) is 1.36. The van der Waals surface area contributed by atoms with E-state index < -0.39 is 41.9 Å². The Morgan fingerprint density at radius 2 is 1.88 bits per heavy atom. The van der Waals surface area contributed by atoms with Crippen molar-refractivity contribution in [1.29, 1.82) is 0 Å². The van der Waals surface area contributed by atoms with Crippen molar-refractivity contribution in [3.8, 4) is 17.0 Å². The van der Waals surface area contributed by atoms with Gasteiger partial charge in [0.1, 0.15) is 17.4 Å². The number of rotatable bonds is 4. The van der Waals surface area contributed by atoms with E-state index in [0.717, 1.165) is 0 Å². The summed E-state index contributed by atoms with van der Waals surface area (Å²) in [6.07, 6.45) is -4.67. The van der Waals surface area contributed by atoms with Crippen molar-refractivity contribution < 1.29 is 26.7 Å². The number of fused-ring (bicyclic) bond motifs is 1. The van der Waals surface area contributed by atoms with E-state index in [2.05, 4.69) is 10.3 Å². The first-order valence-corrected chi connectivity index (χ1v) is 8.07. The Morgan fingerprint density at radius 1 is 1.23 bits per heavy atom. The number of halogens is 5. The number of ether oxygens (including phenoxy) is 1. The van der Waals surface area contributed by atoms with E-state index in [9.17, 15) is 22.0 Å². The average Bonchev–Trinajstić information content (AvgIpc) is 2.96. The third-order valence-electron chi connectivity index (χ3n) is 4.37. The second-order valence-electron chi connectivity index (χ2n) is 6.27. The summed E-state index contributed by atoms with van der Waals surface area (Å²) in [4.78, 5) is 3.98. The van der Waals surface area contributed by atoms with Crippen LogP contribution in [0.5, 0.6) is 5.75 Å². The maximum Gasteiger partial charge on any atom is 0.398 e. The van der Waals surface area contributed by atoms with Crippen LogP contribution < -0.4 is 10.1 Å². The Hall–Kier alpha value is -2.22. The lowest BCUT2D eigenvalue weighted by molar-refractivity contribution is -0.150. The topological polar surface area (TPSA) is 34.2 Å². The molecule has 26 heavy (non-hydrogen) atoms. The Bertz CT molecular complexity index is 805. The van der Waals surface area contributed by atoms with Gasteiger partial charge < -0.3 is 10.1 Å². The molecule has 0 saturated heterocycles. The normalized spacial score (nSPS) is 17.7. The molecular formula is C18H17F5N2O. The van der Waals surface area contributed by atoms with E-state index >= 15 is 0 Å². The summed E-state index contributed by atoms with van der Waals surface area (Å²) in [6, 6.07) is 5.10. The van der Waals surface area contributed by atoms with Crippen LogP contribution in [0.15, 0.2) is 24.3 Å². The van der Waals surface area contributed by atoms with Crippen LogP contribution in [0.1, 0.15) is 30.0 Å². The molecule has 1 aromatic carbocycles. The van der Waals surface area contributed by atoms with Gasteiger partial charge in [0.15, 0.2) is 11.6 Å². The number of alkyl halides is 3. The predicted molar refractivity (Wildman–Crippen MR) is 86.2 cm³/mol. The molecule has 0 saturated carbocycles. The van der Waals surface area contributed by atoms with E-state index in [1.807, 2.05) is 0 Å². The van der Waals surface area contributed by atoms with Crippen LogP contribution in [0.4, 0.5) is 22.0 Å². The van der Waals surface area contributed by atoms with E-state index in [-0.39, 0.29) is 23.6 Å². The molecule has 3 rings (SSSR count). The standard InChI is InChI=1S/C18H17F5N2O/c1-9-8-26-17-13(9)14(20)16(12(7-24-2)18(21,22)23)25-15(17)10-3-5-11(19)6-4-10/h3-6,9,12,24H,7-8H2,1-2H3. The lowest BCUT2D eigenvalue weighted by Gasteiger charge is -2.22. The molecule has 0 radical (unpaired) electrons. The van der Waals surface area contributed by atoms with Gasteiger partial charge >= 0.3 is 6.18 Å². The van der Waals surface area contributed by atoms with Gasteiger partial charge in [-0.1, -0.05) is 6.92 Å². The maximum atomic E-state index is 15.0. The molecule has 1 aliphatic rings. The number of hydrogen-bond donors (Lipinski definition) is 1. The first-order valence-electron chi connectivity index (χ1n) is 8.07. The molecule has 0 bridgehead atoms. The fraction of sp³-hybridized carbons (Fsp3) is 0.389. The monoisotopic (exact) mass is 372 g/mol. The van der Waals surface area contributed by atoms with Gasteiger partial charge in [0, 0.05) is 23.6 Å². The number of pyridine rings is 1. The molecule has 0 fully saturated rings. The highest BCUT2D eigenvalue weighted by Crippen LogP contribution is 2.46. The fourth-order valence-electron chi connectivity index (χ4n) is 3.07. The zero-order chi connectivity index (χ0) is 19.1. The van der Waals surface area contributed by atoms with E-state index in [1.54, 1.807) is 6.92 Å². The number of likely N-dealkylation sites (N-methyl/N-ethyl adjacent to an activating group) is 1. The number of nitrogens with zero attached hydrogens (tertiary/aromatic N) is 1. The smallest absolute Gasteiger partial charge is 0.398 e. The summed E-state index contributed by atoms with van der Waals surface area (Å²) in [5, 5.41) is 2.44. The number of hydrogen-bond acceptors (Lipinski definition) is 3. The third kappa shape index (κ3) is 3.25. The fourth-order valence-corrected chi connectivity index (χ4v) is 3.07. The average molecular weight is 372 g/mol. The minimum absolute atomic E-state index is 0.0830. The summed E-state index contributed by atoms with van der Waals surface area (Å²) in [5.41, 5.74) is -0.142. The van der Waals surface area contributed by atoms with Gasteiger partial charge in [0.25, 0.3) is 0 Å². The largest absolute Gasteiger partial charge is 0.490 e. The molecule has 2 unspecified atom stereocenters. The summed E-state index contributed by atoms with van der Waals surface area (Å²) in [5.74, 6) is -3.88. The van der Waals surface area contributed by atoms with Gasteiger partial charge in [-0.2, -0.15) is 13.2 Å². The second kappa shape index (κ2) is 6.83. The van der Waals surface area contributed by atoms with Gasteiger partial charge in [0.2, 0.25) is 0 Å². The van der Waals surface area contributed by atoms with Crippen LogP contribution >= 0.6 is 0 Å². The first kappa shape index (κ1) is 18.6. The minimum Gasteiger partial charge on any atom is -0.490 e. The van der Waals surface area contributed by atoms with Crippen LogP contribution in [0.2, 0.25) is 0 Å². The van der Waals surface area contributed by atoms with E-state index in [0.29, 0.717) is 5.56 Å². The molecule has 2 atom stereocenters. The van der Waals surface area contributed by atoms with Crippen LogP contribution in [0.25, 0.3) is 11.3 Å². The predicted octanol–water partition coefficient (Wildman–Crippen LogP) is 4.39. The molecule has 8 heteroatoms. The Kier molecular flexibility index (Phi) is 4.88.